The zero-order valence-corrected chi connectivity index (χ0v) is 3.57. The fraction of sp³-hybridized carbons (Fsp3) is 0. The Bertz CT molecular complexity index is 158. The number of hydrogen-bond donors (Lipinski definition) is 1. The molecule has 0 aromatic rings. The fourth-order valence-corrected chi connectivity index (χ4v) is 0. The Hall–Kier alpha value is -0.530. The highest BCUT2D eigenvalue weighted by molar-refractivity contribution is 7.90. The Morgan fingerprint density at radius 2 is 1.83 bits per heavy atom. The average Bonchev–Trinajstić information content (AvgIpc) is 1.35. The third-order valence-electron chi connectivity index (χ3n) is 0.149. The van der Waals surface area contributed by atoms with Crippen LogP contribution in [0.15, 0.2) is 0 Å². The molecule has 0 aliphatic rings. The van der Waals surface area contributed by atoms with Gasteiger partial charge in [-0.15, -0.1) is 6.42 Å². The van der Waals surface area contributed by atoms with E-state index in [0.29, 0.717) is 0 Å². The summed E-state index contributed by atoms with van der Waals surface area (Å²) in [7, 11) is -4.13. The monoisotopic (exact) mass is 106 g/mol. The van der Waals surface area contributed by atoms with Crippen molar-refractivity contribution in [3.8, 4) is 11.7 Å². The molecule has 0 heterocycles. The van der Waals surface area contributed by atoms with E-state index in [1.165, 1.54) is 0 Å². The largest absolute Gasteiger partial charge is 0.335 e. The van der Waals surface area contributed by atoms with Gasteiger partial charge in [0.2, 0.25) is 0 Å². The topological polar surface area (TPSA) is 54.4 Å². The number of hydrogen-bond acceptors (Lipinski definition) is 2. The van der Waals surface area contributed by atoms with Crippen molar-refractivity contribution in [2.75, 3.05) is 0 Å². The summed E-state index contributed by atoms with van der Waals surface area (Å²) in [5.74, 6) is 0. The molecule has 0 aromatic heterocycles. The van der Waals surface area contributed by atoms with Crippen molar-refractivity contribution in [1.29, 1.82) is 0 Å². The van der Waals surface area contributed by atoms with Gasteiger partial charge in [-0.3, -0.25) is 4.55 Å². The van der Waals surface area contributed by atoms with Crippen LogP contribution in [0.1, 0.15) is 0 Å². The second kappa shape index (κ2) is 1.29. The summed E-state index contributed by atoms with van der Waals surface area (Å²) in [6.45, 7) is 0. The fourth-order valence-electron chi connectivity index (χ4n) is 0. The summed E-state index contributed by atoms with van der Waals surface area (Å²) in [5, 5.41) is 1.13. The van der Waals surface area contributed by atoms with E-state index in [4.69, 9.17) is 4.55 Å². The summed E-state index contributed by atoms with van der Waals surface area (Å²) in [6, 6.07) is 0. The number of rotatable bonds is 0. The molecule has 0 bridgehead atoms. The lowest BCUT2D eigenvalue weighted by atomic mass is 11.4. The lowest BCUT2D eigenvalue weighted by molar-refractivity contribution is 0.496. The van der Waals surface area contributed by atoms with Crippen LogP contribution in [0.3, 0.4) is 0 Å². The van der Waals surface area contributed by atoms with Crippen LogP contribution < -0.4 is 0 Å². The summed E-state index contributed by atoms with van der Waals surface area (Å²) in [6.07, 6.45) is 4.22. The molecule has 0 fully saturated rings. The molecule has 0 aliphatic heterocycles. The lowest BCUT2D eigenvalue weighted by Crippen LogP contribution is -1.87. The number of terminal acetylenes is 1. The highest BCUT2D eigenvalue weighted by atomic mass is 32.2. The van der Waals surface area contributed by atoms with E-state index in [2.05, 4.69) is 6.42 Å². The predicted molar refractivity (Wildman–Crippen MR) is 20.4 cm³/mol. The summed E-state index contributed by atoms with van der Waals surface area (Å²) in [5.41, 5.74) is 0. The molecule has 0 saturated heterocycles. The van der Waals surface area contributed by atoms with Crippen LogP contribution in [-0.4, -0.2) is 13.0 Å². The smallest absolute Gasteiger partial charge is 0.276 e. The van der Waals surface area contributed by atoms with Crippen LogP contribution in [0.4, 0.5) is 0 Å². The zero-order chi connectivity index (χ0) is 5.21. The van der Waals surface area contributed by atoms with Gasteiger partial charge in [0.25, 0.3) is 0 Å². The predicted octanol–water partition coefficient (Wildman–Crippen LogP) is -0.535. The Balaban J connectivity index is 4.41. The first-order valence-electron chi connectivity index (χ1n) is 1.01. The molecule has 6 heavy (non-hydrogen) atoms. The Morgan fingerprint density at radius 3 is 1.83 bits per heavy atom. The maximum atomic E-state index is 9.32. The second-order valence-corrected chi connectivity index (χ2v) is 1.78. The van der Waals surface area contributed by atoms with Gasteiger partial charge < -0.3 is 0 Å². The Morgan fingerprint density at radius 1 is 1.67 bits per heavy atom. The Kier molecular flexibility index (Phi) is 1.17. The van der Waals surface area contributed by atoms with Gasteiger partial charge in [-0.2, -0.15) is 8.42 Å². The van der Waals surface area contributed by atoms with E-state index in [0.717, 1.165) is 5.25 Å². The van der Waals surface area contributed by atoms with E-state index < -0.39 is 10.1 Å². The molecular weight excluding hydrogens is 104 g/mol. The van der Waals surface area contributed by atoms with Crippen molar-refractivity contribution >= 4 is 10.1 Å². The quantitative estimate of drug-likeness (QED) is 0.333. The molecule has 0 atom stereocenters. The molecule has 0 radical (unpaired) electrons. The molecule has 0 spiro atoms. The summed E-state index contributed by atoms with van der Waals surface area (Å²) < 4.78 is 26.2. The second-order valence-electron chi connectivity index (χ2n) is 0.593. The minimum Gasteiger partial charge on any atom is -0.276 e. The first kappa shape index (κ1) is 5.47. The van der Waals surface area contributed by atoms with Gasteiger partial charge in [0.1, 0.15) is 0 Å². The van der Waals surface area contributed by atoms with Gasteiger partial charge >= 0.3 is 10.1 Å². The van der Waals surface area contributed by atoms with Crippen LogP contribution in [0.25, 0.3) is 0 Å². The van der Waals surface area contributed by atoms with Gasteiger partial charge in [-0.05, 0) is 0 Å². The molecule has 0 rings (SSSR count). The lowest BCUT2D eigenvalue weighted by Gasteiger charge is -1.69. The van der Waals surface area contributed by atoms with Gasteiger partial charge in [-0.1, -0.05) is 0 Å². The maximum absolute atomic E-state index is 9.32. The Labute approximate surface area is 35.7 Å². The van der Waals surface area contributed by atoms with Crippen molar-refractivity contribution < 1.29 is 13.0 Å². The van der Waals surface area contributed by atoms with E-state index in [-0.39, 0.29) is 0 Å². The SMILES string of the molecule is C#CS(=O)(=O)O. The molecule has 0 aliphatic carbocycles. The highest BCUT2D eigenvalue weighted by Gasteiger charge is 1.88. The maximum Gasteiger partial charge on any atom is 0.335 e. The molecule has 0 amide bonds. The van der Waals surface area contributed by atoms with Crippen molar-refractivity contribution in [2.24, 2.45) is 0 Å². The van der Waals surface area contributed by atoms with Gasteiger partial charge in [0, 0.05) is 0 Å². The van der Waals surface area contributed by atoms with Crippen molar-refractivity contribution in [2.45, 2.75) is 0 Å². The molecule has 0 aromatic carbocycles. The first-order valence-corrected chi connectivity index (χ1v) is 2.45. The minimum atomic E-state index is -4.13. The molecule has 34 valence electrons. The van der Waals surface area contributed by atoms with E-state index in [1.807, 2.05) is 0 Å². The summed E-state index contributed by atoms with van der Waals surface area (Å²) in [4.78, 5) is 0. The van der Waals surface area contributed by atoms with E-state index in [1.54, 1.807) is 0 Å². The molecule has 0 saturated carbocycles. The van der Waals surface area contributed by atoms with Crippen molar-refractivity contribution in [1.82, 2.24) is 0 Å². The van der Waals surface area contributed by atoms with Crippen LogP contribution >= 0.6 is 0 Å². The van der Waals surface area contributed by atoms with Gasteiger partial charge in [0.15, 0.2) is 0 Å². The van der Waals surface area contributed by atoms with Crippen LogP contribution in [0, 0.1) is 11.7 Å². The zero-order valence-electron chi connectivity index (χ0n) is 2.75. The van der Waals surface area contributed by atoms with Crippen LogP contribution in [0.2, 0.25) is 0 Å². The third kappa shape index (κ3) is 3.47. The van der Waals surface area contributed by atoms with Crippen molar-refractivity contribution in [3.63, 3.8) is 0 Å². The highest BCUT2D eigenvalue weighted by Crippen LogP contribution is 1.68. The standard InChI is InChI=1S/C2H2O3S/c1-2-6(3,4)5/h1H,(H,3,4,5). The molecular formula is C2H2O3S. The third-order valence-corrected chi connectivity index (χ3v) is 0.447. The first-order chi connectivity index (χ1) is 2.56. The van der Waals surface area contributed by atoms with Crippen LogP contribution in [0.5, 0.6) is 0 Å². The average molecular weight is 106 g/mol. The van der Waals surface area contributed by atoms with Gasteiger partial charge in [0.05, 0.1) is 5.25 Å². The molecule has 0 unspecified atom stereocenters. The van der Waals surface area contributed by atoms with E-state index in [9.17, 15) is 8.42 Å². The van der Waals surface area contributed by atoms with E-state index >= 15 is 0 Å². The summed E-state index contributed by atoms with van der Waals surface area (Å²) >= 11 is 0. The molecule has 3 nitrogen and oxygen atoms in total. The van der Waals surface area contributed by atoms with Crippen molar-refractivity contribution in [3.05, 3.63) is 0 Å². The minimum absolute atomic E-state index is 1.13. The molecule has 4 heteroatoms. The van der Waals surface area contributed by atoms with Crippen LogP contribution in [-0.2, 0) is 10.1 Å². The normalized spacial score (nSPS) is 10.0. The molecule has 1 N–H and O–H groups in total. The van der Waals surface area contributed by atoms with Gasteiger partial charge in [-0.25, -0.2) is 0 Å².